The molecular formula is C33H46N2O6. The van der Waals surface area contributed by atoms with Gasteiger partial charge in [0.25, 0.3) is 0 Å². The molecule has 2 bridgehead atoms. The van der Waals surface area contributed by atoms with Crippen LogP contribution in [0.2, 0.25) is 0 Å². The monoisotopic (exact) mass is 566 g/mol. The van der Waals surface area contributed by atoms with Gasteiger partial charge in [-0.3, -0.25) is 14.4 Å². The summed E-state index contributed by atoms with van der Waals surface area (Å²) in [6.07, 6.45) is 6.92. The van der Waals surface area contributed by atoms with E-state index in [0.717, 1.165) is 12.0 Å². The number of ether oxygens (including phenoxy) is 2. The van der Waals surface area contributed by atoms with Gasteiger partial charge < -0.3 is 24.4 Å². The summed E-state index contributed by atoms with van der Waals surface area (Å²) < 4.78 is 12.6. The van der Waals surface area contributed by atoms with Crippen LogP contribution in [-0.4, -0.2) is 75.7 Å². The molecule has 6 atom stereocenters. The Bertz CT molecular complexity index is 1120. The van der Waals surface area contributed by atoms with Crippen LogP contribution in [-0.2, 0) is 30.4 Å². The Morgan fingerprint density at radius 1 is 1.22 bits per heavy atom. The van der Waals surface area contributed by atoms with E-state index in [4.69, 9.17) is 9.47 Å². The molecule has 41 heavy (non-hydrogen) atoms. The zero-order valence-corrected chi connectivity index (χ0v) is 24.8. The van der Waals surface area contributed by atoms with Crippen molar-refractivity contribution in [2.45, 2.75) is 89.1 Å². The van der Waals surface area contributed by atoms with E-state index >= 15 is 0 Å². The molecule has 3 aliphatic rings. The average molecular weight is 567 g/mol. The molecule has 2 amide bonds. The van der Waals surface area contributed by atoms with Crippen LogP contribution in [0, 0.1) is 17.8 Å². The van der Waals surface area contributed by atoms with Gasteiger partial charge >= 0.3 is 5.97 Å². The van der Waals surface area contributed by atoms with Gasteiger partial charge in [0, 0.05) is 13.1 Å². The number of nitrogens with zero attached hydrogens (tertiary/aromatic N) is 2. The average Bonchev–Trinajstić information content (AvgIpc) is 3.57. The number of likely N-dealkylation sites (tertiary alicyclic amines) is 1. The molecule has 0 radical (unpaired) electrons. The van der Waals surface area contributed by atoms with E-state index in [2.05, 4.69) is 13.2 Å². The Kier molecular flexibility index (Phi) is 9.75. The Morgan fingerprint density at radius 3 is 2.56 bits per heavy atom. The predicted octanol–water partition coefficient (Wildman–Crippen LogP) is 4.27. The van der Waals surface area contributed by atoms with Crippen LogP contribution in [0.25, 0.3) is 0 Å². The zero-order chi connectivity index (χ0) is 29.8. The topological polar surface area (TPSA) is 96.4 Å². The molecule has 3 saturated heterocycles. The fourth-order valence-corrected chi connectivity index (χ4v) is 7.36. The summed E-state index contributed by atoms with van der Waals surface area (Å²) in [5.41, 5.74) is -1.08. The molecule has 3 fully saturated rings. The lowest BCUT2D eigenvalue weighted by Gasteiger charge is -2.40. The van der Waals surface area contributed by atoms with Gasteiger partial charge in [-0.1, -0.05) is 63.3 Å². The second-order valence-electron chi connectivity index (χ2n) is 12.1. The quantitative estimate of drug-likeness (QED) is 0.194. The lowest BCUT2D eigenvalue weighted by atomic mass is 9.65. The first-order chi connectivity index (χ1) is 19.7. The number of hydrogen-bond acceptors (Lipinski definition) is 6. The Hall–Kier alpha value is -2.97. The van der Waals surface area contributed by atoms with Gasteiger partial charge in [-0.05, 0) is 50.0 Å². The van der Waals surface area contributed by atoms with E-state index in [1.54, 1.807) is 22.0 Å². The first-order valence-corrected chi connectivity index (χ1v) is 15.0. The van der Waals surface area contributed by atoms with Crippen LogP contribution in [0.1, 0.15) is 64.9 Å². The van der Waals surface area contributed by atoms with Crippen molar-refractivity contribution in [3.63, 3.8) is 0 Å². The number of esters is 1. The molecule has 4 rings (SSSR count). The van der Waals surface area contributed by atoms with Crippen molar-refractivity contribution in [1.29, 1.82) is 0 Å². The highest BCUT2D eigenvalue weighted by Crippen LogP contribution is 2.65. The van der Waals surface area contributed by atoms with Crippen molar-refractivity contribution < 1.29 is 29.0 Å². The SMILES string of the molecule is C=CCCCOC(=O)[C@H]1[C@H]2C(=O)N([C@@H](CO)CC(C)C)C(C(=O)N(CC=C)Cc3ccccc3)C23CC[C@]1(CC)O3. The van der Waals surface area contributed by atoms with Crippen LogP contribution in [0.4, 0.5) is 0 Å². The van der Waals surface area contributed by atoms with E-state index in [-0.39, 0.29) is 37.5 Å². The normalized spacial score (nSPS) is 29.0. The molecule has 0 aromatic heterocycles. The molecule has 0 aliphatic carbocycles. The lowest BCUT2D eigenvalue weighted by Crippen LogP contribution is -2.59. The van der Waals surface area contributed by atoms with Crippen molar-refractivity contribution in [2.24, 2.45) is 17.8 Å². The summed E-state index contributed by atoms with van der Waals surface area (Å²) in [5, 5.41) is 10.5. The summed E-state index contributed by atoms with van der Waals surface area (Å²) in [7, 11) is 0. The highest BCUT2D eigenvalue weighted by atomic mass is 16.6. The Morgan fingerprint density at radius 2 is 1.95 bits per heavy atom. The molecule has 1 N–H and O–H groups in total. The van der Waals surface area contributed by atoms with Gasteiger partial charge in [-0.15, -0.1) is 13.2 Å². The van der Waals surface area contributed by atoms with Crippen LogP contribution < -0.4 is 0 Å². The molecule has 3 aliphatic heterocycles. The van der Waals surface area contributed by atoms with Crippen molar-refractivity contribution in [1.82, 2.24) is 9.80 Å². The van der Waals surface area contributed by atoms with Crippen LogP contribution >= 0.6 is 0 Å². The molecule has 1 aromatic carbocycles. The second kappa shape index (κ2) is 12.9. The third kappa shape index (κ3) is 5.61. The summed E-state index contributed by atoms with van der Waals surface area (Å²) in [5.74, 6) is -2.48. The van der Waals surface area contributed by atoms with Crippen molar-refractivity contribution in [3.8, 4) is 0 Å². The molecule has 3 heterocycles. The van der Waals surface area contributed by atoms with Gasteiger partial charge in [0.05, 0.1) is 30.8 Å². The molecule has 2 unspecified atom stereocenters. The van der Waals surface area contributed by atoms with Crippen molar-refractivity contribution >= 4 is 17.8 Å². The van der Waals surface area contributed by atoms with Crippen LogP contribution in [0.5, 0.6) is 0 Å². The fraction of sp³-hybridized carbons (Fsp3) is 0.606. The van der Waals surface area contributed by atoms with Crippen molar-refractivity contribution in [3.05, 3.63) is 61.2 Å². The van der Waals surface area contributed by atoms with Gasteiger partial charge in [0.2, 0.25) is 11.8 Å². The Labute approximate surface area is 244 Å². The highest BCUT2D eigenvalue weighted by Gasteiger charge is 2.79. The third-order valence-electron chi connectivity index (χ3n) is 9.13. The highest BCUT2D eigenvalue weighted by molar-refractivity contribution is 5.98. The van der Waals surface area contributed by atoms with Crippen molar-refractivity contribution in [2.75, 3.05) is 19.8 Å². The van der Waals surface area contributed by atoms with Gasteiger partial charge in [0.1, 0.15) is 17.6 Å². The minimum atomic E-state index is -1.17. The lowest BCUT2D eigenvalue weighted by molar-refractivity contribution is -0.164. The predicted molar refractivity (Wildman–Crippen MR) is 156 cm³/mol. The number of aliphatic hydroxyl groups is 1. The first kappa shape index (κ1) is 31.0. The summed E-state index contributed by atoms with van der Waals surface area (Å²) in [4.78, 5) is 46.1. The molecule has 224 valence electrons. The maximum atomic E-state index is 14.6. The zero-order valence-electron chi connectivity index (χ0n) is 24.8. The van der Waals surface area contributed by atoms with Gasteiger partial charge in [-0.2, -0.15) is 0 Å². The number of benzene rings is 1. The summed E-state index contributed by atoms with van der Waals surface area (Å²) in [6.45, 7) is 14.2. The minimum Gasteiger partial charge on any atom is -0.465 e. The number of carbonyl (C=O) groups is 3. The number of aliphatic hydroxyl groups excluding tert-OH is 1. The first-order valence-electron chi connectivity index (χ1n) is 15.0. The van der Waals surface area contributed by atoms with Crippen LogP contribution in [0.15, 0.2) is 55.6 Å². The maximum Gasteiger partial charge on any atom is 0.312 e. The summed E-state index contributed by atoms with van der Waals surface area (Å²) >= 11 is 0. The number of unbranched alkanes of at least 4 members (excludes halogenated alkanes) is 1. The van der Waals surface area contributed by atoms with Gasteiger partial charge in [-0.25, -0.2) is 0 Å². The minimum absolute atomic E-state index is 0.173. The fourth-order valence-electron chi connectivity index (χ4n) is 7.36. The number of hydrogen-bond donors (Lipinski definition) is 1. The Balaban J connectivity index is 1.77. The molecular weight excluding hydrogens is 520 g/mol. The number of amides is 2. The smallest absolute Gasteiger partial charge is 0.312 e. The third-order valence-corrected chi connectivity index (χ3v) is 9.13. The number of rotatable bonds is 15. The van der Waals surface area contributed by atoms with E-state index in [1.807, 2.05) is 51.1 Å². The number of fused-ring (bicyclic) bond motifs is 1. The van der Waals surface area contributed by atoms with E-state index in [9.17, 15) is 19.5 Å². The van der Waals surface area contributed by atoms with Gasteiger partial charge in [0.15, 0.2) is 0 Å². The van der Waals surface area contributed by atoms with E-state index in [0.29, 0.717) is 38.6 Å². The molecule has 0 saturated carbocycles. The van der Waals surface area contributed by atoms with E-state index < -0.39 is 41.1 Å². The second-order valence-corrected chi connectivity index (χ2v) is 12.1. The molecule has 1 spiro atoms. The van der Waals surface area contributed by atoms with Crippen LogP contribution in [0.3, 0.4) is 0 Å². The molecule has 1 aromatic rings. The number of allylic oxidation sites excluding steroid dienone is 1. The van der Waals surface area contributed by atoms with E-state index in [1.165, 1.54) is 0 Å². The summed E-state index contributed by atoms with van der Waals surface area (Å²) in [6, 6.07) is 8.14. The maximum absolute atomic E-state index is 14.6. The standard InChI is InChI=1S/C33H46N2O6/c1-6-9-13-19-40-31(39)27-26-29(37)35(25(22-36)20-23(4)5)28(33(26)17-16-32(27,8-3)41-33)30(38)34(18-7-2)21-24-14-11-10-12-15-24/h6-7,10-12,14-15,23,25-28,36H,1-2,8-9,13,16-22H2,3-5H3/t25-,26+,27-,28?,32+,33?/m1/s1. The largest absolute Gasteiger partial charge is 0.465 e. The molecule has 8 heteroatoms. The molecule has 8 nitrogen and oxygen atoms in total. The number of carbonyl (C=O) groups excluding carboxylic acids is 3.